The zero-order valence-electron chi connectivity index (χ0n) is 25.3. The van der Waals surface area contributed by atoms with Crippen LogP contribution in [0.2, 0.25) is 0 Å². The number of oxime groups is 1. The van der Waals surface area contributed by atoms with Crippen molar-refractivity contribution in [3.8, 4) is 0 Å². The van der Waals surface area contributed by atoms with Crippen LogP contribution in [0.25, 0.3) is 0 Å². The molecule has 2 atom stereocenters. The smallest absolute Gasteiger partial charge is 0.356 e. The van der Waals surface area contributed by atoms with Gasteiger partial charge in [0.1, 0.15) is 22.8 Å². The van der Waals surface area contributed by atoms with Crippen molar-refractivity contribution in [2.24, 2.45) is 5.16 Å². The van der Waals surface area contributed by atoms with Gasteiger partial charge in [-0.25, -0.2) is 14.6 Å². The Morgan fingerprint density at radius 1 is 1.06 bits per heavy atom. The first-order chi connectivity index (χ1) is 23.3. The van der Waals surface area contributed by atoms with Crippen LogP contribution in [0.15, 0.2) is 106 Å². The highest BCUT2D eigenvalue weighted by Gasteiger charge is 2.55. The molecule has 48 heavy (non-hydrogen) atoms. The average Bonchev–Trinajstić information content (AvgIpc) is 3.54. The van der Waals surface area contributed by atoms with Crippen molar-refractivity contribution in [3.63, 3.8) is 0 Å². The number of hydrogen-bond donors (Lipinski definition) is 2. The average molecular weight is 701 g/mol. The summed E-state index contributed by atoms with van der Waals surface area (Å²) in [7, 11) is 0. The highest BCUT2D eigenvalue weighted by atomic mass is 32.2. The van der Waals surface area contributed by atoms with E-state index in [2.05, 4.69) is 20.4 Å². The SMILES string of the molecule is CC(=O)O/N=C(\C(=O)N[C@@H]1C(=O)N2C(C(=O)OC(c3ccccc3)c3ccccc3)=C(SCc3ccncc3)CS[C@@H]12)c1csc(N)n1. The molecule has 0 unspecified atom stereocenters. The number of esters is 1. The number of pyridine rings is 1. The van der Waals surface area contributed by atoms with E-state index in [1.807, 2.05) is 72.8 Å². The fraction of sp³-hybridized carbons (Fsp3) is 0.182. The number of hydrogen-bond acceptors (Lipinski definition) is 13. The van der Waals surface area contributed by atoms with Crippen molar-refractivity contribution in [2.75, 3.05) is 11.5 Å². The first-order valence-electron chi connectivity index (χ1n) is 14.6. The maximum Gasteiger partial charge on any atom is 0.356 e. The summed E-state index contributed by atoms with van der Waals surface area (Å²) in [5.41, 5.74) is 8.18. The molecule has 2 aromatic heterocycles. The zero-order chi connectivity index (χ0) is 33.6. The molecular formula is C33H28N6O6S3. The quantitative estimate of drug-likeness (QED) is 0.0755. The summed E-state index contributed by atoms with van der Waals surface area (Å²) < 4.78 is 6.22. The fourth-order valence-electron chi connectivity index (χ4n) is 5.01. The lowest BCUT2D eigenvalue weighted by Gasteiger charge is -2.49. The van der Waals surface area contributed by atoms with Gasteiger partial charge in [-0.2, -0.15) is 0 Å². The second-order valence-electron chi connectivity index (χ2n) is 10.5. The number of thiazole rings is 1. The summed E-state index contributed by atoms with van der Waals surface area (Å²) in [5.74, 6) is -1.78. The number of aromatic nitrogens is 2. The first-order valence-corrected chi connectivity index (χ1v) is 17.5. The molecule has 2 amide bonds. The van der Waals surface area contributed by atoms with Gasteiger partial charge in [0.15, 0.2) is 16.9 Å². The van der Waals surface area contributed by atoms with Crippen LogP contribution in [0, 0.1) is 0 Å². The van der Waals surface area contributed by atoms with Gasteiger partial charge in [0, 0.05) is 41.1 Å². The summed E-state index contributed by atoms with van der Waals surface area (Å²) in [4.78, 5) is 67.8. The number of nitrogen functional groups attached to an aromatic ring is 1. The van der Waals surface area contributed by atoms with E-state index in [-0.39, 0.29) is 22.2 Å². The summed E-state index contributed by atoms with van der Waals surface area (Å²) in [6.45, 7) is 1.14. The van der Waals surface area contributed by atoms with Gasteiger partial charge >= 0.3 is 11.9 Å². The number of carbonyl (C=O) groups excluding carboxylic acids is 4. The molecule has 0 saturated carbocycles. The number of thioether (sulfide) groups is 2. The van der Waals surface area contributed by atoms with E-state index in [9.17, 15) is 19.2 Å². The molecular weight excluding hydrogens is 673 g/mol. The molecule has 0 radical (unpaired) electrons. The fourth-order valence-corrected chi connectivity index (χ4v) is 8.14. The van der Waals surface area contributed by atoms with Gasteiger partial charge in [-0.15, -0.1) is 34.9 Å². The van der Waals surface area contributed by atoms with Crippen molar-refractivity contribution < 1.29 is 28.8 Å². The summed E-state index contributed by atoms with van der Waals surface area (Å²) in [5, 5.41) is 7.40. The number of carbonyl (C=O) groups is 4. The predicted octanol–water partition coefficient (Wildman–Crippen LogP) is 4.27. The van der Waals surface area contributed by atoms with E-state index in [4.69, 9.17) is 15.3 Å². The molecule has 4 aromatic rings. The molecule has 0 spiro atoms. The number of amides is 2. The van der Waals surface area contributed by atoms with Crippen LogP contribution < -0.4 is 11.1 Å². The standard InChI is InChI=1S/C33H28N6O6S3/c1-19(40)45-38-25(23-17-48-33(34)36-23)29(41)37-26-30(42)39-27(24(18-47-31(26)39)46-16-20-12-14-35-15-13-20)32(43)44-28(21-8-4-2-5-9-21)22-10-6-3-7-11-22/h2-15,17,26,28,31H,16,18H2,1H3,(H2,34,36)(H,37,41)/b38-25-/t26-,31+/m1/s1. The van der Waals surface area contributed by atoms with Gasteiger partial charge in [0.05, 0.1) is 0 Å². The van der Waals surface area contributed by atoms with E-state index in [1.165, 1.54) is 33.8 Å². The Bertz CT molecular complexity index is 1850. The lowest BCUT2D eigenvalue weighted by atomic mass is 10.0. The van der Waals surface area contributed by atoms with Gasteiger partial charge in [0.2, 0.25) is 0 Å². The lowest BCUT2D eigenvalue weighted by molar-refractivity contribution is -0.154. The molecule has 0 bridgehead atoms. The molecule has 12 nitrogen and oxygen atoms in total. The maximum atomic E-state index is 14.2. The minimum absolute atomic E-state index is 0.0861. The van der Waals surface area contributed by atoms with Crippen molar-refractivity contribution in [3.05, 3.63) is 124 Å². The third-order valence-electron chi connectivity index (χ3n) is 7.25. The lowest BCUT2D eigenvalue weighted by Crippen LogP contribution is -2.71. The van der Waals surface area contributed by atoms with Crippen molar-refractivity contribution in [1.29, 1.82) is 0 Å². The monoisotopic (exact) mass is 700 g/mol. The number of nitrogens with one attached hydrogen (secondary N) is 1. The predicted molar refractivity (Wildman–Crippen MR) is 183 cm³/mol. The Labute approximate surface area is 287 Å². The number of rotatable bonds is 11. The van der Waals surface area contributed by atoms with Crippen LogP contribution in [0.5, 0.6) is 0 Å². The molecule has 4 heterocycles. The number of nitrogens with zero attached hydrogens (tertiary/aromatic N) is 4. The normalized spacial score (nSPS) is 17.4. The summed E-state index contributed by atoms with van der Waals surface area (Å²) in [6.07, 6.45) is 2.66. The molecule has 0 aliphatic carbocycles. The van der Waals surface area contributed by atoms with Crippen molar-refractivity contribution >= 4 is 69.5 Å². The van der Waals surface area contributed by atoms with Crippen LogP contribution in [0.3, 0.4) is 0 Å². The van der Waals surface area contributed by atoms with Crippen molar-refractivity contribution in [2.45, 2.75) is 30.2 Å². The van der Waals surface area contributed by atoms with Gasteiger partial charge in [-0.1, -0.05) is 65.8 Å². The summed E-state index contributed by atoms with van der Waals surface area (Å²) >= 11 is 3.92. The molecule has 1 fully saturated rings. The van der Waals surface area contributed by atoms with Gasteiger partial charge in [-0.3, -0.25) is 19.5 Å². The van der Waals surface area contributed by atoms with Crippen LogP contribution in [-0.2, 0) is 34.5 Å². The van der Waals surface area contributed by atoms with Crippen LogP contribution >= 0.6 is 34.9 Å². The van der Waals surface area contributed by atoms with Crippen molar-refractivity contribution in [1.82, 2.24) is 20.2 Å². The Morgan fingerprint density at radius 3 is 2.33 bits per heavy atom. The van der Waals surface area contributed by atoms with Crippen LogP contribution in [0.1, 0.15) is 35.4 Å². The molecule has 2 aliphatic heterocycles. The van der Waals surface area contributed by atoms with E-state index in [0.29, 0.717) is 16.4 Å². The Hall–Kier alpha value is -4.99. The highest BCUT2D eigenvalue weighted by Crippen LogP contribution is 2.45. The number of benzene rings is 2. The highest BCUT2D eigenvalue weighted by molar-refractivity contribution is 8.05. The molecule has 1 saturated heterocycles. The molecule has 3 N–H and O–H groups in total. The van der Waals surface area contributed by atoms with E-state index in [0.717, 1.165) is 35.0 Å². The first kappa shape index (κ1) is 32.9. The topological polar surface area (TPSA) is 166 Å². The number of β-lactam (4-membered cyclic amide) rings is 1. The van der Waals surface area contributed by atoms with E-state index in [1.54, 1.807) is 12.4 Å². The molecule has 2 aliphatic rings. The van der Waals surface area contributed by atoms with Crippen LogP contribution in [0.4, 0.5) is 5.13 Å². The van der Waals surface area contributed by atoms with E-state index >= 15 is 0 Å². The number of nitrogens with two attached hydrogens (primary N) is 1. The second-order valence-corrected chi connectivity index (χ2v) is 13.5. The third-order valence-corrected chi connectivity index (χ3v) is 10.6. The van der Waals surface area contributed by atoms with E-state index < -0.39 is 41.3 Å². The summed E-state index contributed by atoms with van der Waals surface area (Å²) in [6, 6.07) is 21.5. The Kier molecular flexibility index (Phi) is 10.2. The molecule has 15 heteroatoms. The largest absolute Gasteiger partial charge is 0.448 e. The minimum atomic E-state index is -1.00. The minimum Gasteiger partial charge on any atom is -0.448 e. The molecule has 6 rings (SSSR count). The maximum absolute atomic E-state index is 14.2. The Morgan fingerprint density at radius 2 is 1.73 bits per heavy atom. The zero-order valence-corrected chi connectivity index (χ0v) is 27.8. The van der Waals surface area contributed by atoms with Gasteiger partial charge in [0.25, 0.3) is 11.8 Å². The number of fused-ring (bicyclic) bond motifs is 1. The van der Waals surface area contributed by atoms with Crippen LogP contribution in [-0.4, -0.2) is 61.5 Å². The number of anilines is 1. The third kappa shape index (κ3) is 7.27. The van der Waals surface area contributed by atoms with Gasteiger partial charge in [-0.05, 0) is 28.8 Å². The molecule has 2 aromatic carbocycles. The molecule has 244 valence electrons. The second kappa shape index (κ2) is 14.8. The van der Waals surface area contributed by atoms with Gasteiger partial charge < -0.3 is 20.6 Å². The Balaban J connectivity index is 1.28. The number of ether oxygens (including phenoxy) is 1.